The van der Waals surface area contributed by atoms with Gasteiger partial charge in [0, 0.05) is 11.6 Å². The smallest absolute Gasteiger partial charge is 0.165 e. The highest BCUT2D eigenvalue weighted by molar-refractivity contribution is 5.74. The number of rotatable bonds is 1. The molecule has 66 valence electrons. The van der Waals surface area contributed by atoms with Gasteiger partial charge >= 0.3 is 0 Å². The molecule has 0 atom stereocenters. The molecule has 0 saturated carbocycles. The standard InChI is InChI=1S/C8H12N2O2/c1-4-7(10)5(9)3-6(11)8(4)12-2/h3,11H,9-10H2,1-2H3. The van der Waals surface area contributed by atoms with Crippen LogP contribution in [0.25, 0.3) is 0 Å². The minimum absolute atomic E-state index is 0.0155. The maximum absolute atomic E-state index is 9.34. The second-order valence-corrected chi connectivity index (χ2v) is 2.56. The number of nitrogens with two attached hydrogens (primary N) is 2. The van der Waals surface area contributed by atoms with E-state index < -0.39 is 0 Å². The molecule has 5 N–H and O–H groups in total. The lowest BCUT2D eigenvalue weighted by molar-refractivity contribution is 0.371. The number of benzene rings is 1. The Hall–Kier alpha value is -1.58. The van der Waals surface area contributed by atoms with E-state index in [1.165, 1.54) is 13.2 Å². The fourth-order valence-electron chi connectivity index (χ4n) is 1.08. The number of methoxy groups -OCH3 is 1. The molecule has 1 aromatic rings. The van der Waals surface area contributed by atoms with Crippen molar-refractivity contribution in [2.75, 3.05) is 18.6 Å². The van der Waals surface area contributed by atoms with Crippen molar-refractivity contribution in [2.45, 2.75) is 6.92 Å². The first-order chi connectivity index (χ1) is 5.57. The van der Waals surface area contributed by atoms with Crippen LogP contribution in [0.3, 0.4) is 0 Å². The zero-order valence-electron chi connectivity index (χ0n) is 7.09. The van der Waals surface area contributed by atoms with Gasteiger partial charge in [0.1, 0.15) is 0 Å². The molecular formula is C8H12N2O2. The van der Waals surface area contributed by atoms with Crippen molar-refractivity contribution < 1.29 is 9.84 Å². The molecule has 0 amide bonds. The highest BCUT2D eigenvalue weighted by atomic mass is 16.5. The topological polar surface area (TPSA) is 81.5 Å². The molecule has 0 spiro atoms. The van der Waals surface area contributed by atoms with Gasteiger partial charge in [-0.2, -0.15) is 0 Å². The molecule has 12 heavy (non-hydrogen) atoms. The van der Waals surface area contributed by atoms with Crippen LogP contribution < -0.4 is 16.2 Å². The summed E-state index contributed by atoms with van der Waals surface area (Å²) in [6.45, 7) is 1.74. The first-order valence-corrected chi connectivity index (χ1v) is 3.49. The highest BCUT2D eigenvalue weighted by Gasteiger charge is 2.10. The Balaban J connectivity index is 3.40. The number of hydrogen-bond donors (Lipinski definition) is 3. The molecule has 0 fully saturated rings. The summed E-state index contributed by atoms with van der Waals surface area (Å²) in [5.41, 5.74) is 12.6. The first kappa shape index (κ1) is 8.52. The quantitative estimate of drug-likeness (QED) is 0.429. The van der Waals surface area contributed by atoms with Crippen molar-refractivity contribution >= 4 is 11.4 Å². The van der Waals surface area contributed by atoms with Crippen molar-refractivity contribution in [1.82, 2.24) is 0 Å². The number of nitrogen functional groups attached to an aromatic ring is 2. The third-order valence-electron chi connectivity index (χ3n) is 1.78. The van der Waals surface area contributed by atoms with Crippen LogP contribution in [0.4, 0.5) is 11.4 Å². The lowest BCUT2D eigenvalue weighted by atomic mass is 10.1. The normalized spacial score (nSPS) is 9.83. The Kier molecular flexibility index (Phi) is 1.99. The van der Waals surface area contributed by atoms with Crippen LogP contribution in [0.2, 0.25) is 0 Å². The maximum atomic E-state index is 9.34. The maximum Gasteiger partial charge on any atom is 0.165 e. The van der Waals surface area contributed by atoms with Gasteiger partial charge in [0.05, 0.1) is 18.5 Å². The zero-order valence-corrected chi connectivity index (χ0v) is 7.09. The molecule has 0 bridgehead atoms. The van der Waals surface area contributed by atoms with Gasteiger partial charge in [0.25, 0.3) is 0 Å². The Morgan fingerprint density at radius 1 is 1.42 bits per heavy atom. The third kappa shape index (κ3) is 1.11. The van der Waals surface area contributed by atoms with Crippen LogP contribution >= 0.6 is 0 Å². The van der Waals surface area contributed by atoms with Crippen LogP contribution in [-0.4, -0.2) is 12.2 Å². The summed E-state index contributed by atoms with van der Waals surface area (Å²) in [6, 6.07) is 1.38. The average molecular weight is 168 g/mol. The SMILES string of the molecule is COc1c(O)cc(N)c(N)c1C. The van der Waals surface area contributed by atoms with Crippen LogP contribution in [-0.2, 0) is 0 Å². The summed E-state index contributed by atoms with van der Waals surface area (Å²) in [4.78, 5) is 0. The van der Waals surface area contributed by atoms with Crippen molar-refractivity contribution in [3.05, 3.63) is 11.6 Å². The predicted octanol–water partition coefficient (Wildman–Crippen LogP) is 0.874. The summed E-state index contributed by atoms with van der Waals surface area (Å²) in [6.07, 6.45) is 0. The molecule has 1 aromatic carbocycles. The second kappa shape index (κ2) is 2.81. The Morgan fingerprint density at radius 3 is 2.50 bits per heavy atom. The molecule has 0 aromatic heterocycles. The molecule has 0 radical (unpaired) electrons. The van der Waals surface area contributed by atoms with Crippen molar-refractivity contribution in [3.8, 4) is 11.5 Å². The van der Waals surface area contributed by atoms with Gasteiger partial charge in [-0.05, 0) is 6.92 Å². The summed E-state index contributed by atoms with van der Waals surface area (Å²) in [5.74, 6) is 0.392. The highest BCUT2D eigenvalue weighted by Crippen LogP contribution is 2.37. The van der Waals surface area contributed by atoms with Crippen molar-refractivity contribution in [3.63, 3.8) is 0 Å². The number of hydrogen-bond acceptors (Lipinski definition) is 4. The van der Waals surface area contributed by atoms with Crippen LogP contribution in [0.5, 0.6) is 11.5 Å². The molecule has 0 saturated heterocycles. The number of aromatic hydroxyl groups is 1. The van der Waals surface area contributed by atoms with E-state index in [1.807, 2.05) is 0 Å². The molecule has 0 aliphatic carbocycles. The number of phenolic OH excluding ortho intramolecular Hbond substituents is 1. The van der Waals surface area contributed by atoms with Crippen molar-refractivity contribution in [1.29, 1.82) is 0 Å². The minimum atomic E-state index is 0.0155. The lowest BCUT2D eigenvalue weighted by Crippen LogP contribution is -1.99. The van der Waals surface area contributed by atoms with E-state index in [-0.39, 0.29) is 5.75 Å². The Labute approximate surface area is 70.7 Å². The Morgan fingerprint density at radius 2 is 2.00 bits per heavy atom. The van der Waals surface area contributed by atoms with Gasteiger partial charge in [-0.15, -0.1) is 0 Å². The van der Waals surface area contributed by atoms with Gasteiger partial charge in [0.2, 0.25) is 0 Å². The number of phenols is 1. The summed E-state index contributed by atoms with van der Waals surface area (Å²) in [5, 5.41) is 9.34. The zero-order chi connectivity index (χ0) is 9.30. The fraction of sp³-hybridized carbons (Fsp3) is 0.250. The van der Waals surface area contributed by atoms with E-state index in [1.54, 1.807) is 6.92 Å². The van der Waals surface area contributed by atoms with E-state index in [9.17, 15) is 5.11 Å². The van der Waals surface area contributed by atoms with E-state index in [4.69, 9.17) is 16.2 Å². The lowest BCUT2D eigenvalue weighted by Gasteiger charge is -2.11. The van der Waals surface area contributed by atoms with Gasteiger partial charge in [-0.25, -0.2) is 0 Å². The molecule has 0 aliphatic heterocycles. The molecule has 4 nitrogen and oxygen atoms in total. The van der Waals surface area contributed by atoms with E-state index in [2.05, 4.69) is 0 Å². The molecular weight excluding hydrogens is 156 g/mol. The van der Waals surface area contributed by atoms with Crippen LogP contribution in [0.15, 0.2) is 6.07 Å². The minimum Gasteiger partial charge on any atom is -0.504 e. The van der Waals surface area contributed by atoms with E-state index in [0.717, 1.165) is 0 Å². The van der Waals surface area contributed by atoms with Crippen LogP contribution in [0.1, 0.15) is 5.56 Å². The third-order valence-corrected chi connectivity index (χ3v) is 1.78. The van der Waals surface area contributed by atoms with E-state index in [0.29, 0.717) is 22.7 Å². The summed E-state index contributed by atoms with van der Waals surface area (Å²) < 4.78 is 4.93. The van der Waals surface area contributed by atoms with E-state index >= 15 is 0 Å². The average Bonchev–Trinajstić information content (AvgIpc) is 2.01. The summed E-state index contributed by atoms with van der Waals surface area (Å²) in [7, 11) is 1.47. The largest absolute Gasteiger partial charge is 0.504 e. The monoisotopic (exact) mass is 168 g/mol. The number of ether oxygens (including phenoxy) is 1. The molecule has 0 heterocycles. The molecule has 0 aliphatic rings. The number of anilines is 2. The Bertz CT molecular complexity index is 310. The van der Waals surface area contributed by atoms with Gasteiger partial charge < -0.3 is 21.3 Å². The summed E-state index contributed by atoms with van der Waals surface area (Å²) >= 11 is 0. The van der Waals surface area contributed by atoms with Crippen molar-refractivity contribution in [2.24, 2.45) is 0 Å². The second-order valence-electron chi connectivity index (χ2n) is 2.56. The first-order valence-electron chi connectivity index (χ1n) is 3.49. The molecule has 0 unspecified atom stereocenters. The van der Waals surface area contributed by atoms with Crippen LogP contribution in [0, 0.1) is 6.92 Å². The predicted molar refractivity (Wildman–Crippen MR) is 48.2 cm³/mol. The molecule has 1 rings (SSSR count). The van der Waals surface area contributed by atoms with Gasteiger partial charge in [-0.1, -0.05) is 0 Å². The van der Waals surface area contributed by atoms with Gasteiger partial charge in [0.15, 0.2) is 11.5 Å². The molecule has 4 heteroatoms. The fourth-order valence-corrected chi connectivity index (χ4v) is 1.08. The van der Waals surface area contributed by atoms with Gasteiger partial charge in [-0.3, -0.25) is 0 Å².